The van der Waals surface area contributed by atoms with Crippen LogP contribution in [-0.4, -0.2) is 50.4 Å². The van der Waals surface area contributed by atoms with Crippen LogP contribution in [0.1, 0.15) is 34.3 Å². The smallest absolute Gasteiger partial charge is 0.333 e. The highest BCUT2D eigenvalue weighted by atomic mass is 32.1. The van der Waals surface area contributed by atoms with E-state index in [1.165, 1.54) is 28.4 Å². The fourth-order valence-corrected chi connectivity index (χ4v) is 4.29. The number of esters is 2. The molecular formula is C28H28N2O6S2. The number of carbonyl (C=O) groups excluding carboxylic acids is 2. The molecule has 8 nitrogen and oxygen atoms in total. The highest BCUT2D eigenvalue weighted by molar-refractivity contribution is 7.81. The molecule has 0 aliphatic carbocycles. The molecule has 3 rings (SSSR count). The summed E-state index contributed by atoms with van der Waals surface area (Å²) in [7, 11) is 5.47. The summed E-state index contributed by atoms with van der Waals surface area (Å²) in [5.41, 5.74) is 2.11. The Bertz CT molecular complexity index is 1200. The van der Waals surface area contributed by atoms with E-state index in [0.717, 1.165) is 0 Å². The molecule has 0 aliphatic heterocycles. The van der Waals surface area contributed by atoms with Crippen LogP contribution in [0.25, 0.3) is 0 Å². The van der Waals surface area contributed by atoms with E-state index in [1.807, 2.05) is 60.7 Å². The quantitative estimate of drug-likeness (QED) is 0.283. The van der Waals surface area contributed by atoms with Crippen molar-refractivity contribution >= 4 is 46.4 Å². The van der Waals surface area contributed by atoms with Crippen LogP contribution in [0, 0.1) is 0 Å². The van der Waals surface area contributed by atoms with Gasteiger partial charge in [0.2, 0.25) is 0 Å². The number of rotatable bonds is 10. The third-order valence-electron chi connectivity index (χ3n) is 5.71. The van der Waals surface area contributed by atoms with E-state index in [0.29, 0.717) is 43.7 Å². The van der Waals surface area contributed by atoms with Gasteiger partial charge in [0.1, 0.15) is 9.98 Å². The number of benzene rings is 3. The zero-order valence-electron chi connectivity index (χ0n) is 21.3. The number of thiocarbonyl (C=S) groups is 2. The lowest BCUT2D eigenvalue weighted by Crippen LogP contribution is -2.38. The molecule has 0 bridgehead atoms. The minimum atomic E-state index is -1.11. The maximum absolute atomic E-state index is 13.1. The van der Waals surface area contributed by atoms with Crippen LogP contribution in [0.5, 0.6) is 11.5 Å². The van der Waals surface area contributed by atoms with Crippen molar-refractivity contribution in [2.24, 2.45) is 0 Å². The van der Waals surface area contributed by atoms with E-state index in [1.54, 1.807) is 12.1 Å². The molecule has 0 amide bonds. The number of methoxy groups -OCH3 is 4. The molecule has 0 spiro atoms. The maximum Gasteiger partial charge on any atom is 0.333 e. The van der Waals surface area contributed by atoms with E-state index in [4.69, 9.17) is 43.4 Å². The van der Waals surface area contributed by atoms with Gasteiger partial charge in [-0.1, -0.05) is 85.1 Å². The van der Waals surface area contributed by atoms with Crippen molar-refractivity contribution in [2.45, 2.75) is 12.1 Å². The molecule has 0 heterocycles. The highest BCUT2D eigenvalue weighted by Crippen LogP contribution is 2.37. The fraction of sp³-hybridized carbons (Fsp3) is 0.214. The van der Waals surface area contributed by atoms with Gasteiger partial charge in [0.05, 0.1) is 28.4 Å². The summed E-state index contributed by atoms with van der Waals surface area (Å²) in [6, 6.07) is 19.3. The van der Waals surface area contributed by atoms with Gasteiger partial charge in [-0.25, -0.2) is 9.59 Å². The normalized spacial score (nSPS) is 11.9. The Hall–Kier alpha value is -4.02. The molecule has 0 aromatic heterocycles. The second kappa shape index (κ2) is 13.5. The SMILES string of the molecule is COC(=O)C(NC(=S)c1ccccc1)c1cc(OC)c(OC)cc1C(NC(=S)c1ccccc1)C(=O)OC. The number of nitrogens with one attached hydrogen (secondary N) is 2. The average Bonchev–Trinajstić information content (AvgIpc) is 2.97. The molecule has 2 N–H and O–H groups in total. The van der Waals surface area contributed by atoms with Gasteiger partial charge in [-0.2, -0.15) is 0 Å². The lowest BCUT2D eigenvalue weighted by atomic mass is 9.93. The molecule has 3 aromatic carbocycles. The van der Waals surface area contributed by atoms with Gasteiger partial charge >= 0.3 is 11.9 Å². The Kier molecular flexibility index (Phi) is 10.1. The third kappa shape index (κ3) is 6.64. The number of ether oxygens (including phenoxy) is 4. The van der Waals surface area contributed by atoms with Crippen LogP contribution >= 0.6 is 24.4 Å². The van der Waals surface area contributed by atoms with E-state index < -0.39 is 24.0 Å². The topological polar surface area (TPSA) is 95.1 Å². The Morgan fingerprint density at radius 2 is 0.974 bits per heavy atom. The van der Waals surface area contributed by atoms with Crippen molar-refractivity contribution in [1.82, 2.24) is 10.6 Å². The molecule has 0 aliphatic rings. The summed E-state index contributed by atoms with van der Waals surface area (Å²) in [6.07, 6.45) is 0. The number of carbonyl (C=O) groups is 2. The molecular weight excluding hydrogens is 524 g/mol. The standard InChI is InChI=1S/C28H28N2O6S2/c1-33-21-15-19(23(27(31)35-3)29-25(37)17-11-7-5-8-12-17)20(16-22(21)34-2)24(28(32)36-4)30-26(38)18-13-9-6-10-14-18/h5-16,23-24H,1-4H3,(H,29,37)(H,30,38). The van der Waals surface area contributed by atoms with Crippen molar-refractivity contribution in [3.63, 3.8) is 0 Å². The predicted octanol–water partition coefficient (Wildman–Crippen LogP) is 4.06. The van der Waals surface area contributed by atoms with E-state index in [-0.39, 0.29) is 0 Å². The Balaban J connectivity index is 2.17. The van der Waals surface area contributed by atoms with Gasteiger partial charge in [-0.15, -0.1) is 0 Å². The van der Waals surface area contributed by atoms with Crippen LogP contribution in [0.2, 0.25) is 0 Å². The van der Waals surface area contributed by atoms with Crippen LogP contribution in [0.15, 0.2) is 72.8 Å². The van der Waals surface area contributed by atoms with Crippen molar-refractivity contribution in [2.75, 3.05) is 28.4 Å². The van der Waals surface area contributed by atoms with Gasteiger partial charge in [0, 0.05) is 11.1 Å². The molecule has 198 valence electrons. The maximum atomic E-state index is 13.1. The first kappa shape index (κ1) is 28.5. The van der Waals surface area contributed by atoms with Gasteiger partial charge in [-0.3, -0.25) is 0 Å². The van der Waals surface area contributed by atoms with Crippen molar-refractivity contribution in [1.29, 1.82) is 0 Å². The predicted molar refractivity (Wildman–Crippen MR) is 152 cm³/mol. The Labute approximate surface area is 232 Å². The molecule has 10 heteroatoms. The molecule has 0 saturated carbocycles. The monoisotopic (exact) mass is 552 g/mol. The lowest BCUT2D eigenvalue weighted by molar-refractivity contribution is -0.144. The van der Waals surface area contributed by atoms with Crippen molar-refractivity contribution < 1.29 is 28.5 Å². The molecule has 0 radical (unpaired) electrons. The zero-order valence-corrected chi connectivity index (χ0v) is 23.0. The average molecular weight is 553 g/mol. The zero-order chi connectivity index (χ0) is 27.7. The fourth-order valence-electron chi connectivity index (χ4n) is 3.78. The van der Waals surface area contributed by atoms with Crippen LogP contribution in [0.3, 0.4) is 0 Å². The molecule has 38 heavy (non-hydrogen) atoms. The highest BCUT2D eigenvalue weighted by Gasteiger charge is 2.33. The van der Waals surface area contributed by atoms with Gasteiger partial charge < -0.3 is 29.6 Å². The largest absolute Gasteiger partial charge is 0.493 e. The summed E-state index contributed by atoms with van der Waals surface area (Å²) >= 11 is 11.2. The molecule has 2 atom stereocenters. The summed E-state index contributed by atoms with van der Waals surface area (Å²) in [4.78, 5) is 26.8. The van der Waals surface area contributed by atoms with E-state index >= 15 is 0 Å². The Morgan fingerprint density at radius 3 is 1.26 bits per heavy atom. The second-order valence-electron chi connectivity index (χ2n) is 7.93. The Morgan fingerprint density at radius 1 is 0.632 bits per heavy atom. The molecule has 2 unspecified atom stereocenters. The minimum absolute atomic E-state index is 0.309. The van der Waals surface area contributed by atoms with Crippen LogP contribution in [-0.2, 0) is 19.1 Å². The van der Waals surface area contributed by atoms with Crippen molar-refractivity contribution in [3.05, 3.63) is 95.1 Å². The summed E-state index contributed by atoms with van der Waals surface area (Å²) < 4.78 is 21.2. The van der Waals surface area contributed by atoms with E-state index in [9.17, 15) is 9.59 Å². The van der Waals surface area contributed by atoms with Crippen LogP contribution in [0.4, 0.5) is 0 Å². The third-order valence-corrected chi connectivity index (χ3v) is 6.41. The lowest BCUT2D eigenvalue weighted by Gasteiger charge is -2.27. The summed E-state index contributed by atoms with van der Waals surface area (Å²) in [6.45, 7) is 0. The number of hydrogen-bond donors (Lipinski definition) is 2. The van der Waals surface area contributed by atoms with Gasteiger partial charge in [0.15, 0.2) is 23.6 Å². The summed E-state index contributed by atoms with van der Waals surface area (Å²) in [5.74, 6) is -0.597. The van der Waals surface area contributed by atoms with Gasteiger partial charge in [-0.05, 0) is 23.3 Å². The van der Waals surface area contributed by atoms with E-state index in [2.05, 4.69) is 10.6 Å². The first-order valence-corrected chi connectivity index (χ1v) is 12.3. The number of hydrogen-bond acceptors (Lipinski definition) is 8. The minimum Gasteiger partial charge on any atom is -0.493 e. The molecule has 3 aromatic rings. The van der Waals surface area contributed by atoms with Crippen molar-refractivity contribution in [3.8, 4) is 11.5 Å². The first-order chi connectivity index (χ1) is 18.3. The van der Waals surface area contributed by atoms with Gasteiger partial charge in [0.25, 0.3) is 0 Å². The second-order valence-corrected chi connectivity index (χ2v) is 8.74. The summed E-state index contributed by atoms with van der Waals surface area (Å²) in [5, 5.41) is 6.15. The first-order valence-electron chi connectivity index (χ1n) is 11.5. The molecule has 0 fully saturated rings. The molecule has 0 saturated heterocycles. The van der Waals surface area contributed by atoms with Crippen LogP contribution < -0.4 is 20.1 Å².